The Hall–Kier alpha value is -2.30. The lowest BCUT2D eigenvalue weighted by molar-refractivity contribution is -0.137. The Kier molecular flexibility index (Phi) is 8.77. The van der Waals surface area contributed by atoms with Gasteiger partial charge >= 0.3 is 5.97 Å². The summed E-state index contributed by atoms with van der Waals surface area (Å²) in [6.45, 7) is 1.78. The molecule has 0 bridgehead atoms. The number of fused-ring (bicyclic) bond motifs is 1. The third-order valence-corrected chi connectivity index (χ3v) is 6.04. The maximum Gasteiger partial charge on any atom is 0.303 e. The first-order valence-electron chi connectivity index (χ1n) is 11.0. The fraction of sp³-hybridized carbons (Fsp3) is 0.385. The van der Waals surface area contributed by atoms with Gasteiger partial charge in [0, 0.05) is 34.7 Å². The molecule has 1 atom stereocenters. The first-order valence-corrected chi connectivity index (χ1v) is 11.8. The van der Waals surface area contributed by atoms with Gasteiger partial charge < -0.3 is 9.52 Å². The molecular formula is C26H28Cl2O4. The Morgan fingerprint density at radius 2 is 1.66 bits per heavy atom. The van der Waals surface area contributed by atoms with Crippen molar-refractivity contribution in [2.24, 2.45) is 5.92 Å². The van der Waals surface area contributed by atoms with Crippen LogP contribution < -0.4 is 0 Å². The zero-order valence-electron chi connectivity index (χ0n) is 18.2. The van der Waals surface area contributed by atoms with Gasteiger partial charge in [0.05, 0.1) is 5.56 Å². The topological polar surface area (TPSA) is 67.5 Å². The van der Waals surface area contributed by atoms with Crippen LogP contribution in [0.25, 0.3) is 11.0 Å². The van der Waals surface area contributed by atoms with E-state index in [1.165, 1.54) is 5.56 Å². The van der Waals surface area contributed by atoms with E-state index in [-0.39, 0.29) is 24.5 Å². The lowest BCUT2D eigenvalue weighted by Gasteiger charge is -2.08. The Bertz CT molecular complexity index is 1090. The molecule has 0 aliphatic carbocycles. The first kappa shape index (κ1) is 24.3. The number of furan rings is 1. The van der Waals surface area contributed by atoms with E-state index in [9.17, 15) is 9.59 Å². The SMILES string of the molecule is C[C@@H](CC(=O)O)CC(=O)c1c(CCCCCCc2cccc(Cl)c2)oc2ccc(Cl)cc12. The minimum absolute atomic E-state index is 0.0375. The molecule has 2 aromatic carbocycles. The summed E-state index contributed by atoms with van der Waals surface area (Å²) in [5.74, 6) is -0.563. The summed E-state index contributed by atoms with van der Waals surface area (Å²) in [4.78, 5) is 24.0. The number of aryl methyl sites for hydroxylation is 2. The number of benzene rings is 2. The van der Waals surface area contributed by atoms with Crippen LogP contribution in [0.3, 0.4) is 0 Å². The van der Waals surface area contributed by atoms with Gasteiger partial charge in [-0.05, 0) is 61.1 Å². The number of carboxylic acids is 1. The van der Waals surface area contributed by atoms with E-state index in [0.29, 0.717) is 33.7 Å². The molecule has 6 heteroatoms. The van der Waals surface area contributed by atoms with Crippen molar-refractivity contribution >= 4 is 45.9 Å². The normalized spacial score (nSPS) is 12.2. The highest BCUT2D eigenvalue weighted by Crippen LogP contribution is 2.31. The number of unbranched alkanes of at least 4 members (excludes halogenated alkanes) is 3. The number of ketones is 1. The van der Waals surface area contributed by atoms with E-state index in [1.807, 2.05) is 18.2 Å². The van der Waals surface area contributed by atoms with Crippen molar-refractivity contribution in [3.8, 4) is 0 Å². The highest BCUT2D eigenvalue weighted by molar-refractivity contribution is 6.31. The Morgan fingerprint density at radius 3 is 2.38 bits per heavy atom. The van der Waals surface area contributed by atoms with Gasteiger partial charge in [-0.1, -0.05) is 55.1 Å². The van der Waals surface area contributed by atoms with Crippen molar-refractivity contribution in [2.75, 3.05) is 0 Å². The van der Waals surface area contributed by atoms with Gasteiger partial charge in [-0.3, -0.25) is 9.59 Å². The molecule has 0 saturated carbocycles. The summed E-state index contributed by atoms with van der Waals surface area (Å²) < 4.78 is 6.02. The molecule has 3 aromatic rings. The highest BCUT2D eigenvalue weighted by Gasteiger charge is 2.23. The van der Waals surface area contributed by atoms with Crippen LogP contribution >= 0.6 is 23.2 Å². The van der Waals surface area contributed by atoms with Crippen molar-refractivity contribution < 1.29 is 19.1 Å². The van der Waals surface area contributed by atoms with Gasteiger partial charge in [0.2, 0.25) is 0 Å². The highest BCUT2D eigenvalue weighted by atomic mass is 35.5. The number of carboxylic acid groups (broad SMARTS) is 1. The van der Waals surface area contributed by atoms with Crippen LogP contribution in [0.2, 0.25) is 10.0 Å². The average Bonchev–Trinajstić information content (AvgIpc) is 3.07. The Balaban J connectivity index is 1.62. The number of Topliss-reactive ketones (excluding diaryl/α,β-unsaturated/α-hetero) is 1. The molecule has 3 rings (SSSR count). The minimum Gasteiger partial charge on any atom is -0.481 e. The van der Waals surface area contributed by atoms with Gasteiger partial charge in [-0.2, -0.15) is 0 Å². The van der Waals surface area contributed by atoms with Crippen LogP contribution in [0.1, 0.15) is 67.1 Å². The van der Waals surface area contributed by atoms with Crippen LogP contribution in [0, 0.1) is 5.92 Å². The molecule has 0 amide bonds. The quantitative estimate of drug-likeness (QED) is 0.215. The molecule has 0 spiro atoms. The smallest absolute Gasteiger partial charge is 0.303 e. The van der Waals surface area contributed by atoms with Gasteiger partial charge in [0.15, 0.2) is 5.78 Å². The molecular weight excluding hydrogens is 447 g/mol. The second-order valence-electron chi connectivity index (χ2n) is 8.42. The van der Waals surface area contributed by atoms with Crippen molar-refractivity contribution in [1.29, 1.82) is 0 Å². The molecule has 0 unspecified atom stereocenters. The van der Waals surface area contributed by atoms with E-state index in [4.69, 9.17) is 32.7 Å². The number of halogens is 2. The fourth-order valence-electron chi connectivity index (χ4n) is 4.05. The third kappa shape index (κ3) is 6.85. The molecule has 170 valence electrons. The number of hydrogen-bond acceptors (Lipinski definition) is 3. The van der Waals surface area contributed by atoms with E-state index in [1.54, 1.807) is 25.1 Å². The second-order valence-corrected chi connectivity index (χ2v) is 9.29. The lowest BCUT2D eigenvalue weighted by atomic mass is 9.94. The Labute approximate surface area is 198 Å². The summed E-state index contributed by atoms with van der Waals surface area (Å²) >= 11 is 12.2. The second kappa shape index (κ2) is 11.5. The van der Waals surface area contributed by atoms with E-state index >= 15 is 0 Å². The molecule has 0 radical (unpaired) electrons. The molecule has 1 aromatic heterocycles. The average molecular weight is 475 g/mol. The number of aliphatic carboxylic acids is 1. The summed E-state index contributed by atoms with van der Waals surface area (Å²) in [5.41, 5.74) is 2.44. The third-order valence-electron chi connectivity index (χ3n) is 5.57. The summed E-state index contributed by atoms with van der Waals surface area (Å²) in [6, 6.07) is 13.2. The van der Waals surface area contributed by atoms with Crippen LogP contribution in [0.4, 0.5) is 0 Å². The molecule has 1 heterocycles. The number of carbonyl (C=O) groups is 2. The standard InChI is InChI=1S/C26H28Cl2O4/c1-17(14-25(30)31)13-22(29)26-21-16-20(28)11-12-23(21)32-24(26)10-5-3-2-4-7-18-8-6-9-19(27)15-18/h6,8-9,11-12,15-17H,2-5,7,10,13-14H2,1H3,(H,30,31)/t17-/m1/s1. The summed E-state index contributed by atoms with van der Waals surface area (Å²) in [6.07, 6.45) is 5.89. The molecule has 1 N–H and O–H groups in total. The number of rotatable bonds is 12. The van der Waals surface area contributed by atoms with Crippen molar-refractivity contribution in [2.45, 2.75) is 58.3 Å². The van der Waals surface area contributed by atoms with Crippen molar-refractivity contribution in [3.05, 3.63) is 69.4 Å². The van der Waals surface area contributed by atoms with Crippen LogP contribution in [-0.4, -0.2) is 16.9 Å². The van der Waals surface area contributed by atoms with Crippen molar-refractivity contribution in [1.82, 2.24) is 0 Å². The first-order chi connectivity index (χ1) is 15.3. The minimum atomic E-state index is -0.900. The predicted octanol–water partition coefficient (Wildman–Crippen LogP) is 7.77. The fourth-order valence-corrected chi connectivity index (χ4v) is 4.44. The molecule has 0 aliphatic heterocycles. The zero-order valence-corrected chi connectivity index (χ0v) is 19.7. The molecule has 0 saturated heterocycles. The number of hydrogen-bond donors (Lipinski definition) is 1. The van der Waals surface area contributed by atoms with E-state index in [2.05, 4.69) is 6.07 Å². The van der Waals surface area contributed by atoms with E-state index < -0.39 is 5.97 Å². The van der Waals surface area contributed by atoms with Gasteiger partial charge in [0.25, 0.3) is 0 Å². The zero-order chi connectivity index (χ0) is 23.1. The van der Waals surface area contributed by atoms with Crippen LogP contribution in [0.15, 0.2) is 46.9 Å². The predicted molar refractivity (Wildman–Crippen MR) is 129 cm³/mol. The van der Waals surface area contributed by atoms with Gasteiger partial charge in [-0.15, -0.1) is 0 Å². The Morgan fingerprint density at radius 1 is 0.938 bits per heavy atom. The lowest BCUT2D eigenvalue weighted by Crippen LogP contribution is -2.11. The van der Waals surface area contributed by atoms with Crippen molar-refractivity contribution in [3.63, 3.8) is 0 Å². The maximum atomic E-state index is 13.1. The number of carbonyl (C=O) groups excluding carboxylic acids is 1. The monoisotopic (exact) mass is 474 g/mol. The largest absolute Gasteiger partial charge is 0.481 e. The molecule has 0 aliphatic rings. The van der Waals surface area contributed by atoms with E-state index in [0.717, 1.165) is 37.1 Å². The molecule has 0 fully saturated rings. The van der Waals surface area contributed by atoms with Gasteiger partial charge in [-0.25, -0.2) is 0 Å². The summed E-state index contributed by atoms with van der Waals surface area (Å²) in [5, 5.41) is 11.0. The summed E-state index contributed by atoms with van der Waals surface area (Å²) in [7, 11) is 0. The van der Waals surface area contributed by atoms with Crippen LogP contribution in [0.5, 0.6) is 0 Å². The maximum absolute atomic E-state index is 13.1. The molecule has 4 nitrogen and oxygen atoms in total. The van der Waals surface area contributed by atoms with Gasteiger partial charge in [0.1, 0.15) is 11.3 Å². The molecule has 32 heavy (non-hydrogen) atoms. The van der Waals surface area contributed by atoms with Crippen LogP contribution in [-0.2, 0) is 17.6 Å².